The van der Waals surface area contributed by atoms with Crippen LogP contribution in [0.1, 0.15) is 58.9 Å². The van der Waals surface area contributed by atoms with E-state index in [0.717, 1.165) is 48.5 Å². The molecule has 0 radical (unpaired) electrons. The number of esters is 1. The van der Waals surface area contributed by atoms with Crippen molar-refractivity contribution in [1.82, 2.24) is 4.90 Å². The number of rotatable bonds is 9. The number of methoxy groups -OCH3 is 1. The van der Waals surface area contributed by atoms with Crippen LogP contribution >= 0.6 is 11.8 Å². The van der Waals surface area contributed by atoms with Crippen LogP contribution in [0.4, 0.5) is 0 Å². The predicted octanol–water partition coefficient (Wildman–Crippen LogP) is 6.38. The van der Waals surface area contributed by atoms with E-state index in [0.29, 0.717) is 12.2 Å². The molecule has 0 N–H and O–H groups in total. The molecule has 5 rings (SSSR count). The van der Waals surface area contributed by atoms with Gasteiger partial charge in [-0.2, -0.15) is 0 Å². The third kappa shape index (κ3) is 5.99. The number of piperidine rings is 1. The van der Waals surface area contributed by atoms with Crippen molar-refractivity contribution < 1.29 is 23.8 Å². The lowest BCUT2D eigenvalue weighted by Crippen LogP contribution is -2.49. The van der Waals surface area contributed by atoms with Gasteiger partial charge in [-0.15, -0.1) is 11.8 Å². The number of fused-ring (bicyclic) bond motifs is 2. The number of benzene rings is 3. The molecule has 2 saturated heterocycles. The Morgan fingerprint density at radius 1 is 0.842 bits per heavy atom. The van der Waals surface area contributed by atoms with E-state index in [1.54, 1.807) is 37.9 Å². The van der Waals surface area contributed by atoms with Crippen LogP contribution in [0.15, 0.2) is 77.7 Å². The van der Waals surface area contributed by atoms with Crippen LogP contribution in [-0.2, 0) is 10.5 Å². The van der Waals surface area contributed by atoms with Crippen molar-refractivity contribution in [2.24, 2.45) is 0 Å². The number of ether oxygens (including phenoxy) is 3. The Balaban J connectivity index is 1.15. The highest BCUT2D eigenvalue weighted by Gasteiger charge is 2.44. The topological polar surface area (TPSA) is 65.1 Å². The van der Waals surface area contributed by atoms with Gasteiger partial charge in [-0.05, 0) is 86.0 Å². The zero-order valence-electron chi connectivity index (χ0n) is 21.8. The van der Waals surface area contributed by atoms with Crippen LogP contribution in [-0.4, -0.2) is 48.7 Å². The Labute approximate surface area is 228 Å². The van der Waals surface area contributed by atoms with Gasteiger partial charge in [-0.1, -0.05) is 12.1 Å². The first-order valence-electron chi connectivity index (χ1n) is 13.2. The summed E-state index contributed by atoms with van der Waals surface area (Å²) in [6, 6.07) is 23.6. The Bertz CT molecular complexity index is 1230. The number of hydrogen-bond acceptors (Lipinski definition) is 6. The maximum atomic E-state index is 13.5. The monoisotopic (exact) mass is 531 g/mol. The summed E-state index contributed by atoms with van der Waals surface area (Å²) in [5, 5.41) is 0. The minimum atomic E-state index is -0.326. The van der Waals surface area contributed by atoms with Crippen LogP contribution in [0.3, 0.4) is 0 Å². The minimum absolute atomic E-state index is 0.0577. The summed E-state index contributed by atoms with van der Waals surface area (Å²) in [6.45, 7) is 2.14. The molecule has 7 heteroatoms. The maximum absolute atomic E-state index is 13.5. The van der Waals surface area contributed by atoms with Gasteiger partial charge in [0.2, 0.25) is 0 Å². The Kier molecular flexibility index (Phi) is 8.23. The van der Waals surface area contributed by atoms with Gasteiger partial charge in [0.05, 0.1) is 19.3 Å². The quantitative estimate of drug-likeness (QED) is 0.236. The SMILES string of the molecule is CCOC(=O)c1ccc(OC2C[C@H]3CC[C@@H](C2)N3C(=O)c2ccc(CSc3ccc(OC)cc3)cc2)cc1. The lowest BCUT2D eigenvalue weighted by molar-refractivity contribution is 0.0359. The summed E-state index contributed by atoms with van der Waals surface area (Å²) in [5.41, 5.74) is 2.45. The Morgan fingerprint density at radius 2 is 1.45 bits per heavy atom. The Morgan fingerprint density at radius 3 is 2.05 bits per heavy atom. The average molecular weight is 532 g/mol. The molecule has 2 aliphatic heterocycles. The first-order valence-corrected chi connectivity index (χ1v) is 14.1. The summed E-state index contributed by atoms with van der Waals surface area (Å²) in [4.78, 5) is 28.6. The van der Waals surface area contributed by atoms with Gasteiger partial charge in [-0.3, -0.25) is 4.79 Å². The van der Waals surface area contributed by atoms with Crippen LogP contribution < -0.4 is 9.47 Å². The second-order valence-corrected chi connectivity index (χ2v) is 10.8. The fraction of sp³-hybridized carbons (Fsp3) is 0.355. The second kappa shape index (κ2) is 11.9. The number of amides is 1. The predicted molar refractivity (Wildman–Crippen MR) is 148 cm³/mol. The smallest absolute Gasteiger partial charge is 0.338 e. The molecule has 38 heavy (non-hydrogen) atoms. The fourth-order valence-electron chi connectivity index (χ4n) is 5.36. The van der Waals surface area contributed by atoms with E-state index in [1.165, 1.54) is 10.5 Å². The molecule has 0 spiro atoms. The van der Waals surface area contributed by atoms with Crippen molar-refractivity contribution in [2.75, 3.05) is 13.7 Å². The first-order chi connectivity index (χ1) is 18.5. The van der Waals surface area contributed by atoms with Gasteiger partial charge in [0, 0.05) is 41.1 Å². The van der Waals surface area contributed by atoms with E-state index >= 15 is 0 Å². The molecule has 1 amide bonds. The molecule has 3 atom stereocenters. The molecule has 198 valence electrons. The van der Waals surface area contributed by atoms with Crippen molar-refractivity contribution >= 4 is 23.6 Å². The van der Waals surface area contributed by atoms with E-state index in [-0.39, 0.29) is 30.1 Å². The molecule has 3 aromatic carbocycles. The van der Waals surface area contributed by atoms with Crippen molar-refractivity contribution in [2.45, 2.75) is 61.4 Å². The molecule has 6 nitrogen and oxygen atoms in total. The van der Waals surface area contributed by atoms with Crippen LogP contribution in [0.25, 0.3) is 0 Å². The first kappa shape index (κ1) is 26.2. The minimum Gasteiger partial charge on any atom is -0.497 e. The highest BCUT2D eigenvalue weighted by atomic mass is 32.2. The van der Waals surface area contributed by atoms with Gasteiger partial charge in [0.25, 0.3) is 5.91 Å². The summed E-state index contributed by atoms with van der Waals surface area (Å²) in [5.74, 6) is 2.23. The molecule has 0 saturated carbocycles. The fourth-order valence-corrected chi connectivity index (χ4v) is 6.22. The lowest BCUT2D eigenvalue weighted by Gasteiger charge is -2.39. The van der Waals surface area contributed by atoms with E-state index < -0.39 is 0 Å². The molecular weight excluding hydrogens is 498 g/mol. The molecule has 2 heterocycles. The number of nitrogens with zero attached hydrogens (tertiary/aromatic N) is 1. The maximum Gasteiger partial charge on any atom is 0.338 e. The van der Waals surface area contributed by atoms with E-state index in [4.69, 9.17) is 14.2 Å². The van der Waals surface area contributed by atoms with Gasteiger partial charge < -0.3 is 19.1 Å². The molecule has 2 fully saturated rings. The van der Waals surface area contributed by atoms with Crippen molar-refractivity contribution in [3.05, 3.63) is 89.5 Å². The van der Waals surface area contributed by atoms with Crippen molar-refractivity contribution in [3.8, 4) is 11.5 Å². The summed E-state index contributed by atoms with van der Waals surface area (Å²) < 4.78 is 16.5. The largest absolute Gasteiger partial charge is 0.497 e. The van der Waals surface area contributed by atoms with Crippen molar-refractivity contribution in [3.63, 3.8) is 0 Å². The number of carbonyl (C=O) groups excluding carboxylic acids is 2. The summed E-state index contributed by atoms with van der Waals surface area (Å²) in [6.07, 6.45) is 3.71. The van der Waals surface area contributed by atoms with Gasteiger partial charge in [-0.25, -0.2) is 4.79 Å². The van der Waals surface area contributed by atoms with Gasteiger partial charge in [0.1, 0.15) is 17.6 Å². The average Bonchev–Trinajstić information content (AvgIpc) is 3.22. The highest BCUT2D eigenvalue weighted by molar-refractivity contribution is 7.98. The van der Waals surface area contributed by atoms with Crippen LogP contribution in [0.5, 0.6) is 11.5 Å². The van der Waals surface area contributed by atoms with E-state index in [9.17, 15) is 9.59 Å². The number of carbonyl (C=O) groups is 2. The number of thioether (sulfide) groups is 1. The third-order valence-electron chi connectivity index (χ3n) is 7.26. The van der Waals surface area contributed by atoms with Gasteiger partial charge in [0.15, 0.2) is 0 Å². The molecule has 2 aliphatic rings. The summed E-state index contributed by atoms with van der Waals surface area (Å²) in [7, 11) is 1.67. The standard InChI is InChI=1S/C31H33NO5S/c1-3-36-31(34)23-8-12-27(13-9-23)37-28-18-24-10-11-25(19-28)32(24)30(33)22-6-4-21(5-7-22)20-38-29-16-14-26(35-2)15-17-29/h4-9,12-17,24-25,28H,3,10-11,18-20H2,1-2H3/t24-,25+,28?. The molecule has 0 aliphatic carbocycles. The zero-order valence-corrected chi connectivity index (χ0v) is 22.6. The lowest BCUT2D eigenvalue weighted by atomic mass is 9.98. The Hall–Kier alpha value is -3.45. The molecule has 0 aromatic heterocycles. The zero-order chi connectivity index (χ0) is 26.5. The second-order valence-electron chi connectivity index (χ2n) is 9.71. The molecule has 2 bridgehead atoms. The number of hydrogen-bond donors (Lipinski definition) is 0. The van der Waals surface area contributed by atoms with Crippen LogP contribution in [0, 0.1) is 0 Å². The third-order valence-corrected chi connectivity index (χ3v) is 8.34. The van der Waals surface area contributed by atoms with E-state index in [1.807, 2.05) is 36.4 Å². The molecule has 3 aromatic rings. The normalized spacial score (nSPS) is 20.2. The molecular formula is C31H33NO5S. The van der Waals surface area contributed by atoms with E-state index in [2.05, 4.69) is 29.2 Å². The van der Waals surface area contributed by atoms with Crippen LogP contribution in [0.2, 0.25) is 0 Å². The van der Waals surface area contributed by atoms with Gasteiger partial charge >= 0.3 is 5.97 Å². The molecule has 1 unspecified atom stereocenters. The summed E-state index contributed by atoms with van der Waals surface area (Å²) >= 11 is 1.76. The van der Waals surface area contributed by atoms with Crippen molar-refractivity contribution in [1.29, 1.82) is 0 Å². The highest BCUT2D eigenvalue weighted by Crippen LogP contribution is 2.38.